The molecule has 0 bridgehead atoms. The van der Waals surface area contributed by atoms with Crippen molar-refractivity contribution in [2.45, 2.75) is 45.1 Å². The van der Waals surface area contributed by atoms with Crippen LogP contribution in [-0.4, -0.2) is 14.9 Å². The Morgan fingerprint density at radius 1 is 1.29 bits per heavy atom. The Labute approximate surface area is 110 Å². The molecule has 0 atom stereocenters. The Morgan fingerprint density at radius 2 is 2.00 bits per heavy atom. The second kappa shape index (κ2) is 5.80. The summed E-state index contributed by atoms with van der Waals surface area (Å²) in [6.07, 6.45) is 10.9. The number of hydrogen-bond donors (Lipinski definition) is 0. The zero-order chi connectivity index (χ0) is 12.1. The van der Waals surface area contributed by atoms with E-state index in [1.54, 1.807) is 23.2 Å². The number of alkyl halides is 1. The fraction of sp³-hybridized carbons (Fsp3) is 0.692. The second-order valence-electron chi connectivity index (χ2n) is 5.09. The van der Waals surface area contributed by atoms with Crippen LogP contribution < -0.4 is 5.56 Å². The van der Waals surface area contributed by atoms with Crippen molar-refractivity contribution < 1.29 is 0 Å². The van der Waals surface area contributed by atoms with E-state index in [0.717, 1.165) is 11.9 Å². The molecule has 1 aliphatic carbocycles. The molecule has 0 N–H and O–H groups in total. The number of nitrogens with zero attached hydrogens (tertiary/aromatic N) is 2. The Morgan fingerprint density at radius 3 is 2.59 bits per heavy atom. The molecule has 94 valence electrons. The van der Waals surface area contributed by atoms with Crippen molar-refractivity contribution in [3.63, 3.8) is 0 Å². The van der Waals surface area contributed by atoms with Crippen LogP contribution in [0.15, 0.2) is 23.4 Å². The molecular formula is C13H19BrN2O. The third kappa shape index (κ3) is 3.18. The Balaban J connectivity index is 2.18. The van der Waals surface area contributed by atoms with Crippen LogP contribution in [0.2, 0.25) is 0 Å². The molecule has 1 fully saturated rings. The Hall–Kier alpha value is -0.640. The van der Waals surface area contributed by atoms with E-state index in [-0.39, 0.29) is 11.0 Å². The molecular weight excluding hydrogens is 280 g/mol. The summed E-state index contributed by atoms with van der Waals surface area (Å²) in [6, 6.07) is 1.54. The predicted octanol–water partition coefficient (Wildman–Crippen LogP) is 2.98. The van der Waals surface area contributed by atoms with Gasteiger partial charge in [0.1, 0.15) is 0 Å². The molecule has 1 aromatic rings. The lowest BCUT2D eigenvalue weighted by Gasteiger charge is -2.31. The molecule has 0 unspecified atom stereocenters. The first kappa shape index (κ1) is 12.8. The molecule has 0 aromatic carbocycles. The standard InChI is InChI=1S/C13H19BrN2O/c14-9-13(6-3-1-2-4-7-13)10-16-11-15-8-5-12(16)17/h5,8,11H,1-4,6-7,9-10H2. The van der Waals surface area contributed by atoms with Crippen molar-refractivity contribution in [2.24, 2.45) is 5.41 Å². The quantitative estimate of drug-likeness (QED) is 0.635. The molecule has 0 radical (unpaired) electrons. The van der Waals surface area contributed by atoms with Gasteiger partial charge in [0.05, 0.1) is 6.33 Å². The van der Waals surface area contributed by atoms with Gasteiger partial charge in [-0.05, 0) is 18.3 Å². The largest absolute Gasteiger partial charge is 0.299 e. The lowest BCUT2D eigenvalue weighted by Crippen LogP contribution is -2.33. The van der Waals surface area contributed by atoms with Gasteiger partial charge in [-0.25, -0.2) is 4.98 Å². The molecule has 2 rings (SSSR count). The summed E-state index contributed by atoms with van der Waals surface area (Å²) in [7, 11) is 0. The van der Waals surface area contributed by atoms with Gasteiger partial charge >= 0.3 is 0 Å². The van der Waals surface area contributed by atoms with Crippen LogP contribution in [0.25, 0.3) is 0 Å². The van der Waals surface area contributed by atoms with E-state index in [0.29, 0.717) is 0 Å². The van der Waals surface area contributed by atoms with E-state index in [1.807, 2.05) is 0 Å². The van der Waals surface area contributed by atoms with Gasteiger partial charge in [0.15, 0.2) is 0 Å². The maximum Gasteiger partial charge on any atom is 0.253 e. The zero-order valence-corrected chi connectivity index (χ0v) is 11.7. The third-order valence-corrected chi connectivity index (χ3v) is 4.94. The van der Waals surface area contributed by atoms with Crippen LogP contribution >= 0.6 is 15.9 Å². The summed E-state index contributed by atoms with van der Waals surface area (Å²) in [4.78, 5) is 15.8. The number of halogens is 1. The molecule has 0 aliphatic heterocycles. The highest BCUT2D eigenvalue weighted by Gasteiger charge is 2.30. The highest BCUT2D eigenvalue weighted by atomic mass is 79.9. The van der Waals surface area contributed by atoms with E-state index in [2.05, 4.69) is 20.9 Å². The highest BCUT2D eigenvalue weighted by Crippen LogP contribution is 2.37. The Bertz CT molecular complexity index is 408. The molecule has 1 aliphatic rings. The summed E-state index contributed by atoms with van der Waals surface area (Å²) in [5.74, 6) is 0. The fourth-order valence-electron chi connectivity index (χ4n) is 2.67. The maximum absolute atomic E-state index is 11.7. The van der Waals surface area contributed by atoms with Crippen LogP contribution in [0, 0.1) is 5.41 Å². The lowest BCUT2D eigenvalue weighted by molar-refractivity contribution is 0.238. The number of hydrogen-bond acceptors (Lipinski definition) is 2. The molecule has 3 nitrogen and oxygen atoms in total. The first-order chi connectivity index (χ1) is 8.26. The van der Waals surface area contributed by atoms with E-state index >= 15 is 0 Å². The van der Waals surface area contributed by atoms with Crippen LogP contribution in [0.4, 0.5) is 0 Å². The molecule has 1 heterocycles. The first-order valence-electron chi connectivity index (χ1n) is 6.32. The van der Waals surface area contributed by atoms with Crippen molar-refractivity contribution in [3.05, 3.63) is 28.9 Å². The van der Waals surface area contributed by atoms with Gasteiger partial charge in [-0.15, -0.1) is 0 Å². The fourth-order valence-corrected chi connectivity index (χ4v) is 3.41. The minimum absolute atomic E-state index is 0.0598. The monoisotopic (exact) mass is 298 g/mol. The van der Waals surface area contributed by atoms with Gasteiger partial charge < -0.3 is 0 Å². The average Bonchev–Trinajstić information content (AvgIpc) is 2.58. The minimum atomic E-state index is 0.0598. The zero-order valence-electron chi connectivity index (χ0n) is 10.1. The Kier molecular flexibility index (Phi) is 4.37. The van der Waals surface area contributed by atoms with Crippen molar-refractivity contribution in [3.8, 4) is 0 Å². The van der Waals surface area contributed by atoms with Crippen molar-refractivity contribution >= 4 is 15.9 Å². The summed E-state index contributed by atoms with van der Waals surface area (Å²) in [5, 5.41) is 0.974. The maximum atomic E-state index is 11.7. The molecule has 0 spiro atoms. The van der Waals surface area contributed by atoms with E-state index in [1.165, 1.54) is 38.5 Å². The highest BCUT2D eigenvalue weighted by molar-refractivity contribution is 9.09. The lowest BCUT2D eigenvalue weighted by atomic mass is 9.82. The normalized spacial score (nSPS) is 19.8. The number of rotatable bonds is 3. The molecule has 4 heteroatoms. The van der Waals surface area contributed by atoms with Gasteiger partial charge in [-0.1, -0.05) is 41.6 Å². The van der Waals surface area contributed by atoms with Crippen LogP contribution in [0.1, 0.15) is 38.5 Å². The summed E-state index contributed by atoms with van der Waals surface area (Å²) < 4.78 is 1.76. The average molecular weight is 299 g/mol. The summed E-state index contributed by atoms with van der Waals surface area (Å²) >= 11 is 3.65. The smallest absolute Gasteiger partial charge is 0.253 e. The molecule has 17 heavy (non-hydrogen) atoms. The van der Waals surface area contributed by atoms with Crippen molar-refractivity contribution in [1.29, 1.82) is 0 Å². The molecule has 1 aromatic heterocycles. The van der Waals surface area contributed by atoms with Crippen LogP contribution in [0.3, 0.4) is 0 Å². The molecule has 0 saturated heterocycles. The minimum Gasteiger partial charge on any atom is -0.299 e. The van der Waals surface area contributed by atoms with Gasteiger partial charge in [-0.3, -0.25) is 9.36 Å². The second-order valence-corrected chi connectivity index (χ2v) is 5.65. The van der Waals surface area contributed by atoms with Crippen molar-refractivity contribution in [2.75, 3.05) is 5.33 Å². The SMILES string of the molecule is O=c1ccncn1CC1(CBr)CCCCCC1. The van der Waals surface area contributed by atoms with Crippen LogP contribution in [-0.2, 0) is 6.54 Å². The topological polar surface area (TPSA) is 34.9 Å². The number of aromatic nitrogens is 2. The molecule has 0 amide bonds. The third-order valence-electron chi connectivity index (χ3n) is 3.75. The summed E-state index contributed by atoms with van der Waals surface area (Å²) in [5.41, 5.74) is 0.299. The van der Waals surface area contributed by atoms with Gasteiger partial charge in [0.2, 0.25) is 0 Å². The van der Waals surface area contributed by atoms with E-state index < -0.39 is 0 Å². The van der Waals surface area contributed by atoms with Gasteiger partial charge in [0.25, 0.3) is 5.56 Å². The molecule has 1 saturated carbocycles. The van der Waals surface area contributed by atoms with Gasteiger partial charge in [-0.2, -0.15) is 0 Å². The van der Waals surface area contributed by atoms with E-state index in [9.17, 15) is 4.79 Å². The van der Waals surface area contributed by atoms with Gasteiger partial charge in [0, 0.05) is 24.1 Å². The van der Waals surface area contributed by atoms with Crippen LogP contribution in [0.5, 0.6) is 0 Å². The summed E-state index contributed by atoms with van der Waals surface area (Å²) in [6.45, 7) is 0.797. The predicted molar refractivity (Wildman–Crippen MR) is 72.4 cm³/mol. The van der Waals surface area contributed by atoms with Crippen molar-refractivity contribution in [1.82, 2.24) is 9.55 Å². The van der Waals surface area contributed by atoms with E-state index in [4.69, 9.17) is 0 Å². The first-order valence-corrected chi connectivity index (χ1v) is 7.44.